The molecular weight excluding hydrogens is 368 g/mol. The van der Waals surface area contributed by atoms with Crippen LogP contribution in [0.1, 0.15) is 66.5 Å². The van der Waals surface area contributed by atoms with Gasteiger partial charge in [0.25, 0.3) is 0 Å². The molecule has 0 unspecified atom stereocenters. The molecule has 0 spiro atoms. The average Bonchev–Trinajstić information content (AvgIpc) is 3.13. The summed E-state index contributed by atoms with van der Waals surface area (Å²) in [7, 11) is 0. The Morgan fingerprint density at radius 2 is 2.00 bits per heavy atom. The summed E-state index contributed by atoms with van der Waals surface area (Å²) in [5.41, 5.74) is 3.68. The lowest BCUT2D eigenvalue weighted by atomic mass is 9.71. The third-order valence-electron chi connectivity index (χ3n) is 5.70. The summed E-state index contributed by atoms with van der Waals surface area (Å²) in [6.07, 6.45) is 3.59. The Balaban J connectivity index is 1.87. The molecule has 1 aliphatic heterocycles. The number of esters is 1. The van der Waals surface area contributed by atoms with E-state index in [1.54, 1.807) is 11.3 Å². The van der Waals surface area contributed by atoms with Crippen molar-refractivity contribution in [3.63, 3.8) is 0 Å². The van der Waals surface area contributed by atoms with Crippen LogP contribution in [0.15, 0.2) is 24.3 Å². The smallest absolute Gasteiger partial charge is 0.311 e. The molecule has 0 saturated carbocycles. The third kappa shape index (κ3) is 4.25. The summed E-state index contributed by atoms with van der Waals surface area (Å²) in [6.45, 7) is 9.64. The maximum absolute atomic E-state index is 11.6. The van der Waals surface area contributed by atoms with E-state index < -0.39 is 0 Å². The van der Waals surface area contributed by atoms with Crippen molar-refractivity contribution in [3.05, 3.63) is 50.7 Å². The maximum Gasteiger partial charge on any atom is 0.311 e. The highest BCUT2D eigenvalue weighted by molar-refractivity contribution is 7.12. The molecule has 1 aromatic heterocycles. The molecule has 0 atom stereocenters. The lowest BCUT2D eigenvalue weighted by Crippen LogP contribution is -2.32. The fraction of sp³-hybridized carbons (Fsp3) is 0.458. The Morgan fingerprint density at radius 3 is 2.71 bits per heavy atom. The second kappa shape index (κ2) is 8.84. The number of thiophene rings is 1. The van der Waals surface area contributed by atoms with Crippen LogP contribution in [0.3, 0.4) is 0 Å². The predicted molar refractivity (Wildman–Crippen MR) is 114 cm³/mol. The van der Waals surface area contributed by atoms with Gasteiger partial charge in [0.05, 0.1) is 24.5 Å². The first-order valence-corrected chi connectivity index (χ1v) is 10.9. The maximum atomic E-state index is 11.6. The van der Waals surface area contributed by atoms with Crippen LogP contribution in [-0.4, -0.2) is 19.2 Å². The van der Waals surface area contributed by atoms with Crippen LogP contribution >= 0.6 is 11.3 Å². The minimum absolute atomic E-state index is 0.188. The normalized spacial score (nSPS) is 14.4. The molecule has 1 aromatic carbocycles. The molecule has 1 aliphatic rings. The summed E-state index contributed by atoms with van der Waals surface area (Å²) < 4.78 is 11.0. The molecule has 2 aromatic rings. The lowest BCUT2D eigenvalue weighted by molar-refractivity contribution is -0.142. The Kier molecular flexibility index (Phi) is 6.46. The van der Waals surface area contributed by atoms with Gasteiger partial charge in [0.2, 0.25) is 0 Å². The van der Waals surface area contributed by atoms with Crippen LogP contribution in [0.2, 0.25) is 0 Å². The number of rotatable bonds is 5. The molecule has 0 amide bonds. The van der Waals surface area contributed by atoms with Crippen LogP contribution in [0.4, 0.5) is 0 Å². The van der Waals surface area contributed by atoms with E-state index in [0.29, 0.717) is 13.0 Å². The van der Waals surface area contributed by atoms with Gasteiger partial charge in [-0.1, -0.05) is 25.7 Å². The van der Waals surface area contributed by atoms with Gasteiger partial charge in [-0.2, -0.15) is 0 Å². The van der Waals surface area contributed by atoms with Crippen molar-refractivity contribution in [2.45, 2.75) is 58.8 Å². The first-order valence-electron chi connectivity index (χ1n) is 10.1. The zero-order valence-corrected chi connectivity index (χ0v) is 18.0. The van der Waals surface area contributed by atoms with Crippen molar-refractivity contribution in [1.82, 2.24) is 0 Å². The number of fused-ring (bicyclic) bond motifs is 1. The van der Waals surface area contributed by atoms with E-state index in [0.717, 1.165) is 52.5 Å². The number of benzene rings is 1. The van der Waals surface area contributed by atoms with Gasteiger partial charge in [0, 0.05) is 21.4 Å². The number of carbonyl (C=O) groups excluding carboxylic acids is 1. The second-order valence-electron chi connectivity index (χ2n) is 7.25. The van der Waals surface area contributed by atoms with Crippen LogP contribution in [0.5, 0.6) is 5.75 Å². The molecule has 2 heterocycles. The van der Waals surface area contributed by atoms with Crippen LogP contribution in [0, 0.1) is 18.8 Å². The highest BCUT2D eigenvalue weighted by Crippen LogP contribution is 2.44. The summed E-state index contributed by atoms with van der Waals surface area (Å²) in [5.74, 6) is 7.45. The van der Waals surface area contributed by atoms with E-state index in [1.165, 1.54) is 5.56 Å². The number of hydrogen-bond acceptors (Lipinski definition) is 4. The second-order valence-corrected chi connectivity index (χ2v) is 8.42. The summed E-state index contributed by atoms with van der Waals surface area (Å²) in [4.78, 5) is 13.6. The van der Waals surface area contributed by atoms with Crippen molar-refractivity contribution < 1.29 is 14.3 Å². The molecule has 0 fully saturated rings. The molecular formula is C24H28O3S. The lowest BCUT2D eigenvalue weighted by Gasteiger charge is -2.38. The largest absolute Gasteiger partial charge is 0.493 e. The fourth-order valence-corrected chi connectivity index (χ4v) is 4.70. The van der Waals surface area contributed by atoms with E-state index in [-0.39, 0.29) is 11.4 Å². The molecule has 0 N–H and O–H groups in total. The highest BCUT2D eigenvalue weighted by atomic mass is 32.1. The molecule has 0 bridgehead atoms. The van der Waals surface area contributed by atoms with E-state index in [9.17, 15) is 4.79 Å². The van der Waals surface area contributed by atoms with Gasteiger partial charge >= 0.3 is 5.97 Å². The van der Waals surface area contributed by atoms with Crippen LogP contribution < -0.4 is 4.74 Å². The van der Waals surface area contributed by atoms with E-state index in [1.807, 2.05) is 19.1 Å². The monoisotopic (exact) mass is 396 g/mol. The summed E-state index contributed by atoms with van der Waals surface area (Å²) >= 11 is 1.55. The summed E-state index contributed by atoms with van der Waals surface area (Å²) in [5, 5.41) is 0. The molecule has 0 saturated heterocycles. The van der Waals surface area contributed by atoms with Gasteiger partial charge in [-0.25, -0.2) is 0 Å². The number of ether oxygens (including phenoxy) is 2. The quantitative estimate of drug-likeness (QED) is 0.501. The van der Waals surface area contributed by atoms with Crippen molar-refractivity contribution in [2.75, 3.05) is 13.2 Å². The molecule has 28 heavy (non-hydrogen) atoms. The molecule has 0 aliphatic carbocycles. The molecule has 0 radical (unpaired) electrons. The zero-order chi connectivity index (χ0) is 20.1. The minimum Gasteiger partial charge on any atom is -0.493 e. The number of carbonyl (C=O) groups is 1. The number of hydrogen-bond donors (Lipinski definition) is 0. The Labute approximate surface area is 172 Å². The molecule has 148 valence electrons. The van der Waals surface area contributed by atoms with Gasteiger partial charge in [0.1, 0.15) is 5.75 Å². The molecule has 4 heteroatoms. The standard InChI is InChI=1S/C24H28O3S/c1-5-24(6-2)12-13-27-22-14-17(4)18(15-21(22)24)8-9-19-10-11-20(28-19)16-23(25)26-7-3/h10-11,14-15H,5-7,12-13,16H2,1-4H3. The Bertz CT molecular complexity index is 910. The van der Waals surface area contributed by atoms with Gasteiger partial charge in [-0.05, 0) is 62.9 Å². The third-order valence-corrected chi connectivity index (χ3v) is 6.70. The van der Waals surface area contributed by atoms with Crippen molar-refractivity contribution in [3.8, 4) is 17.6 Å². The van der Waals surface area contributed by atoms with E-state index in [2.05, 4.69) is 44.7 Å². The average molecular weight is 397 g/mol. The van der Waals surface area contributed by atoms with E-state index in [4.69, 9.17) is 9.47 Å². The zero-order valence-electron chi connectivity index (χ0n) is 17.2. The predicted octanol–water partition coefficient (Wildman–Crippen LogP) is 5.40. The Morgan fingerprint density at radius 1 is 1.21 bits per heavy atom. The minimum atomic E-state index is -0.190. The van der Waals surface area contributed by atoms with Gasteiger partial charge in [-0.15, -0.1) is 11.3 Å². The molecule has 3 nitrogen and oxygen atoms in total. The fourth-order valence-electron chi connectivity index (χ4n) is 3.85. The van der Waals surface area contributed by atoms with Crippen molar-refractivity contribution in [2.24, 2.45) is 0 Å². The van der Waals surface area contributed by atoms with Crippen molar-refractivity contribution in [1.29, 1.82) is 0 Å². The van der Waals surface area contributed by atoms with Crippen molar-refractivity contribution >= 4 is 17.3 Å². The first-order chi connectivity index (χ1) is 13.5. The Hall–Kier alpha value is -2.25. The van der Waals surface area contributed by atoms with Crippen LogP contribution in [-0.2, 0) is 21.4 Å². The van der Waals surface area contributed by atoms with Gasteiger partial charge in [0.15, 0.2) is 0 Å². The molecule has 3 rings (SSSR count). The van der Waals surface area contributed by atoms with Gasteiger partial charge < -0.3 is 9.47 Å². The topological polar surface area (TPSA) is 35.5 Å². The van der Waals surface area contributed by atoms with Crippen LogP contribution in [0.25, 0.3) is 0 Å². The number of aryl methyl sites for hydroxylation is 1. The highest BCUT2D eigenvalue weighted by Gasteiger charge is 2.35. The van der Waals surface area contributed by atoms with E-state index >= 15 is 0 Å². The first kappa shape index (κ1) is 20.5. The summed E-state index contributed by atoms with van der Waals surface area (Å²) in [6, 6.07) is 8.31. The van der Waals surface area contributed by atoms with Gasteiger partial charge in [-0.3, -0.25) is 4.79 Å². The SMILES string of the molecule is CCOC(=O)Cc1ccc(C#Cc2cc3c(cc2C)OCCC3(CC)CC)s1.